The summed E-state index contributed by atoms with van der Waals surface area (Å²) < 4.78 is 15.9. The third kappa shape index (κ3) is 3.41. The zero-order valence-corrected chi connectivity index (χ0v) is 12.9. The number of nitrogen functional groups attached to an aromatic ring is 2. The van der Waals surface area contributed by atoms with Crippen molar-refractivity contribution in [2.45, 2.75) is 0 Å². The van der Waals surface area contributed by atoms with Crippen molar-refractivity contribution in [1.82, 2.24) is 4.98 Å². The van der Waals surface area contributed by atoms with Crippen LogP contribution in [0.5, 0.6) is 17.2 Å². The third-order valence-corrected chi connectivity index (χ3v) is 2.86. The van der Waals surface area contributed by atoms with Gasteiger partial charge in [-0.25, -0.2) is 4.98 Å². The second-order valence-electron chi connectivity index (χ2n) is 4.12. The second-order valence-corrected chi connectivity index (χ2v) is 4.12. The minimum absolute atomic E-state index is 0. The number of hydrogen-bond acceptors (Lipinski definition) is 6. The van der Waals surface area contributed by atoms with E-state index in [0.717, 1.165) is 11.1 Å². The number of pyridine rings is 1. The summed E-state index contributed by atoms with van der Waals surface area (Å²) >= 11 is 0. The van der Waals surface area contributed by atoms with Crippen LogP contribution in [0.25, 0.3) is 11.1 Å². The average molecular weight is 312 g/mol. The van der Waals surface area contributed by atoms with Crippen LogP contribution in [-0.2, 0) is 0 Å². The van der Waals surface area contributed by atoms with Gasteiger partial charge < -0.3 is 25.7 Å². The maximum atomic E-state index is 5.72. The third-order valence-electron chi connectivity index (χ3n) is 2.86. The van der Waals surface area contributed by atoms with Gasteiger partial charge in [0.1, 0.15) is 11.6 Å². The minimum atomic E-state index is 0. The summed E-state index contributed by atoms with van der Waals surface area (Å²) in [7, 11) is 4.69. The Morgan fingerprint density at radius 3 is 1.57 bits per heavy atom. The fraction of sp³-hybridized carbons (Fsp3) is 0.214. The zero-order chi connectivity index (χ0) is 14.7. The Labute approximate surface area is 129 Å². The number of benzene rings is 1. The van der Waals surface area contributed by atoms with Crippen molar-refractivity contribution in [2.75, 3.05) is 32.8 Å². The summed E-state index contributed by atoms with van der Waals surface area (Å²) in [5.74, 6) is 2.38. The van der Waals surface area contributed by atoms with Crippen LogP contribution < -0.4 is 25.7 Å². The number of halogens is 1. The second kappa shape index (κ2) is 6.90. The summed E-state index contributed by atoms with van der Waals surface area (Å²) in [6.45, 7) is 0. The van der Waals surface area contributed by atoms with E-state index in [9.17, 15) is 0 Å². The van der Waals surface area contributed by atoms with Gasteiger partial charge >= 0.3 is 0 Å². The first-order valence-corrected chi connectivity index (χ1v) is 5.92. The molecule has 0 aliphatic carbocycles. The molecule has 114 valence electrons. The van der Waals surface area contributed by atoms with E-state index < -0.39 is 0 Å². The van der Waals surface area contributed by atoms with E-state index in [1.165, 1.54) is 0 Å². The fourth-order valence-corrected chi connectivity index (χ4v) is 1.99. The standard InChI is InChI=1S/C14H17N3O3.ClH/c1-18-10-4-8(5-11(19-2)14(10)20-3)9-6-12(15)17-13(16)7-9;/h4-7H,1-3H3,(H4,15,16,17);1H. The average Bonchev–Trinajstić information content (AvgIpc) is 2.44. The molecule has 4 N–H and O–H groups in total. The summed E-state index contributed by atoms with van der Waals surface area (Å²) in [6, 6.07) is 7.12. The molecular weight excluding hydrogens is 294 g/mol. The minimum Gasteiger partial charge on any atom is -0.493 e. The van der Waals surface area contributed by atoms with Crippen LogP contribution >= 0.6 is 12.4 Å². The number of nitrogens with zero attached hydrogens (tertiary/aromatic N) is 1. The monoisotopic (exact) mass is 311 g/mol. The molecule has 2 rings (SSSR count). The molecule has 0 amide bonds. The maximum Gasteiger partial charge on any atom is 0.203 e. The van der Waals surface area contributed by atoms with E-state index >= 15 is 0 Å². The molecule has 6 nitrogen and oxygen atoms in total. The quantitative estimate of drug-likeness (QED) is 0.900. The van der Waals surface area contributed by atoms with Gasteiger partial charge in [0.25, 0.3) is 0 Å². The first-order chi connectivity index (χ1) is 9.58. The largest absolute Gasteiger partial charge is 0.493 e. The molecule has 0 aliphatic heterocycles. The van der Waals surface area contributed by atoms with Crippen molar-refractivity contribution in [3.63, 3.8) is 0 Å². The number of methoxy groups -OCH3 is 3. The van der Waals surface area contributed by atoms with Crippen molar-refractivity contribution in [2.24, 2.45) is 0 Å². The van der Waals surface area contributed by atoms with Gasteiger partial charge in [-0.15, -0.1) is 12.4 Å². The van der Waals surface area contributed by atoms with Crippen LogP contribution in [-0.4, -0.2) is 26.3 Å². The number of ether oxygens (including phenoxy) is 3. The Balaban J connectivity index is 0.00000220. The Morgan fingerprint density at radius 2 is 1.19 bits per heavy atom. The van der Waals surface area contributed by atoms with Crippen molar-refractivity contribution >= 4 is 24.0 Å². The molecule has 1 aromatic heterocycles. The van der Waals surface area contributed by atoms with Gasteiger partial charge in [-0.2, -0.15) is 0 Å². The van der Waals surface area contributed by atoms with Crippen molar-refractivity contribution in [3.05, 3.63) is 24.3 Å². The van der Waals surface area contributed by atoms with Gasteiger partial charge in [0.05, 0.1) is 21.3 Å². The highest BCUT2D eigenvalue weighted by molar-refractivity contribution is 5.85. The summed E-state index contributed by atoms with van der Waals surface area (Å²) in [6.07, 6.45) is 0. The van der Waals surface area contributed by atoms with E-state index in [1.807, 2.05) is 12.1 Å². The predicted octanol–water partition coefficient (Wildman–Crippen LogP) is 2.36. The Kier molecular flexibility index (Phi) is 5.49. The normalized spacial score (nSPS) is 9.67. The highest BCUT2D eigenvalue weighted by Gasteiger charge is 2.14. The summed E-state index contributed by atoms with van der Waals surface area (Å²) in [5, 5.41) is 0. The van der Waals surface area contributed by atoms with Crippen LogP contribution in [0.15, 0.2) is 24.3 Å². The van der Waals surface area contributed by atoms with Gasteiger partial charge in [0, 0.05) is 0 Å². The molecule has 0 radical (unpaired) electrons. The van der Waals surface area contributed by atoms with E-state index in [1.54, 1.807) is 33.5 Å². The fourth-order valence-electron chi connectivity index (χ4n) is 1.99. The number of aromatic nitrogens is 1. The first-order valence-electron chi connectivity index (χ1n) is 5.92. The molecule has 2 aromatic rings. The summed E-state index contributed by atoms with van der Waals surface area (Å²) in [4.78, 5) is 3.95. The lowest BCUT2D eigenvalue weighted by molar-refractivity contribution is 0.324. The van der Waals surface area contributed by atoms with E-state index in [0.29, 0.717) is 28.9 Å². The highest BCUT2D eigenvalue weighted by Crippen LogP contribution is 2.41. The lowest BCUT2D eigenvalue weighted by Crippen LogP contribution is -1.98. The van der Waals surface area contributed by atoms with Crippen molar-refractivity contribution in [3.8, 4) is 28.4 Å². The molecule has 21 heavy (non-hydrogen) atoms. The van der Waals surface area contributed by atoms with E-state index in [2.05, 4.69) is 4.98 Å². The zero-order valence-electron chi connectivity index (χ0n) is 12.0. The van der Waals surface area contributed by atoms with Gasteiger partial charge in [0.15, 0.2) is 11.5 Å². The SMILES string of the molecule is COc1cc(-c2cc(N)nc(N)c2)cc(OC)c1OC.Cl. The number of rotatable bonds is 4. The van der Waals surface area contributed by atoms with Gasteiger partial charge in [-0.05, 0) is 35.4 Å². The van der Waals surface area contributed by atoms with Gasteiger partial charge in [-0.1, -0.05) is 0 Å². The molecule has 0 atom stereocenters. The molecule has 0 spiro atoms. The molecule has 7 heteroatoms. The molecule has 1 aromatic carbocycles. The van der Waals surface area contributed by atoms with Gasteiger partial charge in [0.2, 0.25) is 5.75 Å². The smallest absolute Gasteiger partial charge is 0.203 e. The predicted molar refractivity (Wildman–Crippen MR) is 85.4 cm³/mol. The molecule has 0 aliphatic rings. The lowest BCUT2D eigenvalue weighted by Gasteiger charge is -2.14. The van der Waals surface area contributed by atoms with E-state index in [-0.39, 0.29) is 12.4 Å². The molecule has 0 unspecified atom stereocenters. The topological polar surface area (TPSA) is 92.6 Å². The Bertz CT molecular complexity index is 590. The molecule has 1 heterocycles. The van der Waals surface area contributed by atoms with Crippen LogP contribution in [0, 0.1) is 0 Å². The Hall–Kier alpha value is -2.34. The number of hydrogen-bond donors (Lipinski definition) is 2. The molecule has 0 saturated carbocycles. The van der Waals surface area contributed by atoms with Crippen LogP contribution in [0.1, 0.15) is 0 Å². The summed E-state index contributed by atoms with van der Waals surface area (Å²) in [5.41, 5.74) is 13.1. The van der Waals surface area contributed by atoms with Gasteiger partial charge in [-0.3, -0.25) is 0 Å². The molecule has 0 fully saturated rings. The molecule has 0 bridgehead atoms. The molecular formula is C14H18ClN3O3. The van der Waals surface area contributed by atoms with Crippen molar-refractivity contribution in [1.29, 1.82) is 0 Å². The highest BCUT2D eigenvalue weighted by atomic mass is 35.5. The lowest BCUT2D eigenvalue weighted by atomic mass is 10.1. The van der Waals surface area contributed by atoms with Crippen molar-refractivity contribution < 1.29 is 14.2 Å². The Morgan fingerprint density at radius 1 is 0.762 bits per heavy atom. The van der Waals surface area contributed by atoms with Crippen LogP contribution in [0.2, 0.25) is 0 Å². The first kappa shape index (κ1) is 16.7. The van der Waals surface area contributed by atoms with E-state index in [4.69, 9.17) is 25.7 Å². The number of anilines is 2. The number of nitrogens with two attached hydrogens (primary N) is 2. The molecule has 0 saturated heterocycles. The van der Waals surface area contributed by atoms with Crippen LogP contribution in [0.3, 0.4) is 0 Å². The maximum absolute atomic E-state index is 5.72. The van der Waals surface area contributed by atoms with Crippen LogP contribution in [0.4, 0.5) is 11.6 Å².